The molecule has 0 bridgehead atoms. The Morgan fingerprint density at radius 1 is 1.32 bits per heavy atom. The molecule has 1 saturated heterocycles. The van der Waals surface area contributed by atoms with Crippen molar-refractivity contribution in [1.29, 1.82) is 0 Å². The maximum absolute atomic E-state index is 12.6. The predicted molar refractivity (Wildman–Crippen MR) is 98.7 cm³/mol. The Labute approximate surface area is 149 Å². The zero-order valence-electron chi connectivity index (χ0n) is 15.8. The fourth-order valence-corrected chi connectivity index (χ4v) is 3.35. The maximum atomic E-state index is 12.6. The normalized spacial score (nSPS) is 17.7. The molecule has 1 aliphatic rings. The van der Waals surface area contributed by atoms with Crippen LogP contribution in [0, 0.1) is 5.41 Å². The third kappa shape index (κ3) is 3.48. The van der Waals surface area contributed by atoms with Gasteiger partial charge in [0.25, 0.3) is 0 Å². The van der Waals surface area contributed by atoms with Gasteiger partial charge in [-0.1, -0.05) is 6.92 Å². The summed E-state index contributed by atoms with van der Waals surface area (Å²) >= 11 is 0. The van der Waals surface area contributed by atoms with E-state index in [0.717, 1.165) is 49.2 Å². The Morgan fingerprint density at radius 2 is 2.00 bits per heavy atom. The number of rotatable bonds is 3. The second-order valence-electron chi connectivity index (χ2n) is 8.14. The van der Waals surface area contributed by atoms with E-state index in [1.807, 2.05) is 33.9 Å². The second kappa shape index (κ2) is 6.32. The molecule has 0 radical (unpaired) electrons. The number of ether oxygens (including phenoxy) is 1. The van der Waals surface area contributed by atoms with E-state index in [9.17, 15) is 4.79 Å². The molecule has 0 amide bonds. The van der Waals surface area contributed by atoms with E-state index in [1.165, 1.54) is 5.56 Å². The zero-order chi connectivity index (χ0) is 18.2. The van der Waals surface area contributed by atoms with Crippen molar-refractivity contribution in [1.82, 2.24) is 15.0 Å². The molecule has 2 aromatic heterocycles. The molecule has 0 saturated carbocycles. The van der Waals surface area contributed by atoms with Crippen LogP contribution in [0.15, 0.2) is 12.5 Å². The van der Waals surface area contributed by atoms with Crippen LogP contribution >= 0.6 is 0 Å². The van der Waals surface area contributed by atoms with E-state index in [-0.39, 0.29) is 5.97 Å². The average molecular weight is 344 g/mol. The number of esters is 1. The first kappa shape index (κ1) is 17.7. The Hall–Kier alpha value is -2.11. The van der Waals surface area contributed by atoms with Crippen LogP contribution in [0.25, 0.3) is 11.0 Å². The number of carbonyl (C=O) groups is 1. The van der Waals surface area contributed by atoms with Crippen LogP contribution in [0.5, 0.6) is 0 Å². The summed E-state index contributed by atoms with van der Waals surface area (Å²) in [7, 11) is 0. The zero-order valence-corrected chi connectivity index (χ0v) is 15.8. The van der Waals surface area contributed by atoms with Crippen LogP contribution in [0.2, 0.25) is 0 Å². The number of aromatic amines is 1. The highest BCUT2D eigenvalue weighted by Gasteiger charge is 2.40. The minimum atomic E-state index is -0.447. The summed E-state index contributed by atoms with van der Waals surface area (Å²) in [5.41, 5.74) is 1.23. The lowest BCUT2D eigenvalue weighted by molar-refractivity contribution is -0.167. The number of hydrogen-bond donors (Lipinski definition) is 1. The van der Waals surface area contributed by atoms with Gasteiger partial charge in [0.2, 0.25) is 0 Å². The molecule has 1 aliphatic heterocycles. The molecule has 3 heterocycles. The van der Waals surface area contributed by atoms with Crippen molar-refractivity contribution in [3.05, 3.63) is 18.1 Å². The monoisotopic (exact) mass is 344 g/mol. The van der Waals surface area contributed by atoms with Crippen molar-refractivity contribution in [3.63, 3.8) is 0 Å². The van der Waals surface area contributed by atoms with Gasteiger partial charge in [-0.05, 0) is 52.5 Å². The lowest BCUT2D eigenvalue weighted by Gasteiger charge is -2.39. The molecule has 0 atom stereocenters. The Kier molecular flexibility index (Phi) is 4.47. The molecule has 6 nitrogen and oxygen atoms in total. The van der Waals surface area contributed by atoms with Gasteiger partial charge < -0.3 is 14.6 Å². The highest BCUT2D eigenvalue weighted by atomic mass is 16.6. The van der Waals surface area contributed by atoms with Crippen LogP contribution in [0.3, 0.4) is 0 Å². The van der Waals surface area contributed by atoms with Gasteiger partial charge in [0.05, 0.1) is 10.8 Å². The summed E-state index contributed by atoms with van der Waals surface area (Å²) in [6.07, 6.45) is 6.08. The highest BCUT2D eigenvalue weighted by Crippen LogP contribution is 2.37. The largest absolute Gasteiger partial charge is 0.460 e. The van der Waals surface area contributed by atoms with Crippen LogP contribution < -0.4 is 4.90 Å². The lowest BCUT2D eigenvalue weighted by Crippen LogP contribution is -2.45. The van der Waals surface area contributed by atoms with E-state index in [1.54, 1.807) is 6.33 Å². The average Bonchev–Trinajstić information content (AvgIpc) is 2.97. The van der Waals surface area contributed by atoms with Gasteiger partial charge in [-0.2, -0.15) is 0 Å². The summed E-state index contributed by atoms with van der Waals surface area (Å²) in [4.78, 5) is 26.9. The molecule has 136 valence electrons. The van der Waals surface area contributed by atoms with Crippen molar-refractivity contribution in [3.8, 4) is 0 Å². The van der Waals surface area contributed by atoms with Crippen LogP contribution in [-0.4, -0.2) is 39.6 Å². The molecule has 0 aromatic carbocycles. The molecule has 1 N–H and O–H groups in total. The molecule has 0 spiro atoms. The molecular weight excluding hydrogens is 316 g/mol. The van der Waals surface area contributed by atoms with Crippen LogP contribution in [0.1, 0.15) is 53.0 Å². The quantitative estimate of drug-likeness (QED) is 0.863. The van der Waals surface area contributed by atoms with Gasteiger partial charge in [0.1, 0.15) is 23.4 Å². The molecule has 2 aromatic rings. The fraction of sp³-hybridized carbons (Fsp3) is 0.632. The van der Waals surface area contributed by atoms with E-state index >= 15 is 0 Å². The van der Waals surface area contributed by atoms with Gasteiger partial charge in [-0.15, -0.1) is 0 Å². The molecule has 6 heteroatoms. The minimum Gasteiger partial charge on any atom is -0.460 e. The first-order valence-electron chi connectivity index (χ1n) is 9.03. The van der Waals surface area contributed by atoms with Gasteiger partial charge >= 0.3 is 5.97 Å². The van der Waals surface area contributed by atoms with E-state index in [2.05, 4.69) is 26.8 Å². The lowest BCUT2D eigenvalue weighted by atomic mass is 9.80. The standard InChI is InChI=1S/C19H28N4O2/c1-6-13-11-20-15-14(13)16(22-12-21-15)23-9-7-19(5,8-10-23)17(24)25-18(2,3)4/h11-12H,6-10H2,1-5H3,(H,20,21,22). The Bertz CT molecular complexity index is 767. The molecule has 3 rings (SSSR count). The van der Waals surface area contributed by atoms with Crippen molar-refractivity contribution >= 4 is 22.8 Å². The summed E-state index contributed by atoms with van der Waals surface area (Å²) in [6.45, 7) is 11.5. The molecule has 0 unspecified atom stereocenters. The molecular formula is C19H28N4O2. The number of fused-ring (bicyclic) bond motifs is 1. The topological polar surface area (TPSA) is 71.1 Å². The Morgan fingerprint density at radius 3 is 2.60 bits per heavy atom. The number of anilines is 1. The highest BCUT2D eigenvalue weighted by molar-refractivity contribution is 5.91. The number of aryl methyl sites for hydroxylation is 1. The molecule has 1 fully saturated rings. The first-order valence-corrected chi connectivity index (χ1v) is 9.03. The van der Waals surface area contributed by atoms with Gasteiger partial charge in [0, 0.05) is 19.3 Å². The van der Waals surface area contributed by atoms with Crippen molar-refractivity contribution in [2.24, 2.45) is 5.41 Å². The molecule has 0 aliphatic carbocycles. The molecule has 25 heavy (non-hydrogen) atoms. The van der Waals surface area contributed by atoms with Gasteiger partial charge in [-0.25, -0.2) is 9.97 Å². The predicted octanol–water partition coefficient (Wildman–Crippen LogP) is 3.47. The van der Waals surface area contributed by atoms with Crippen molar-refractivity contribution < 1.29 is 9.53 Å². The van der Waals surface area contributed by atoms with Gasteiger partial charge in [-0.3, -0.25) is 4.79 Å². The summed E-state index contributed by atoms with van der Waals surface area (Å²) < 4.78 is 5.63. The third-order valence-electron chi connectivity index (χ3n) is 4.97. The summed E-state index contributed by atoms with van der Waals surface area (Å²) in [5.74, 6) is 0.873. The van der Waals surface area contributed by atoms with Gasteiger partial charge in [0.15, 0.2) is 0 Å². The van der Waals surface area contributed by atoms with Crippen LogP contribution in [0.4, 0.5) is 5.82 Å². The number of hydrogen-bond acceptors (Lipinski definition) is 5. The van der Waals surface area contributed by atoms with E-state index in [4.69, 9.17) is 4.74 Å². The number of H-pyrrole nitrogens is 1. The van der Waals surface area contributed by atoms with Crippen molar-refractivity contribution in [2.45, 2.75) is 59.5 Å². The number of nitrogens with one attached hydrogen (secondary N) is 1. The number of aromatic nitrogens is 3. The van der Waals surface area contributed by atoms with E-state index < -0.39 is 11.0 Å². The third-order valence-corrected chi connectivity index (χ3v) is 4.97. The SMILES string of the molecule is CCc1c[nH]c2ncnc(N3CCC(C)(C(=O)OC(C)(C)C)CC3)c12. The van der Waals surface area contributed by atoms with Crippen molar-refractivity contribution in [2.75, 3.05) is 18.0 Å². The Balaban J connectivity index is 1.79. The fourth-order valence-electron chi connectivity index (χ4n) is 3.35. The number of carbonyl (C=O) groups excluding carboxylic acids is 1. The minimum absolute atomic E-state index is 0.0941. The van der Waals surface area contributed by atoms with E-state index in [0.29, 0.717) is 0 Å². The van der Waals surface area contributed by atoms with Crippen LogP contribution in [-0.2, 0) is 16.0 Å². The number of nitrogens with zero attached hydrogens (tertiary/aromatic N) is 3. The first-order chi connectivity index (χ1) is 11.7. The summed E-state index contributed by atoms with van der Waals surface area (Å²) in [5, 5.41) is 1.10. The number of piperidine rings is 1. The smallest absolute Gasteiger partial charge is 0.312 e. The second-order valence-corrected chi connectivity index (χ2v) is 8.14. The summed E-state index contributed by atoms with van der Waals surface area (Å²) in [6, 6.07) is 0. The maximum Gasteiger partial charge on any atom is 0.312 e.